The zero-order valence-electron chi connectivity index (χ0n) is 12.7. The summed E-state index contributed by atoms with van der Waals surface area (Å²) in [4.78, 5) is 33.2. The van der Waals surface area contributed by atoms with Crippen molar-refractivity contribution in [3.05, 3.63) is 40.3 Å². The Bertz CT molecular complexity index is 881. The van der Waals surface area contributed by atoms with Gasteiger partial charge in [0.1, 0.15) is 5.00 Å². The fourth-order valence-electron chi connectivity index (χ4n) is 2.05. The van der Waals surface area contributed by atoms with Crippen LogP contribution in [0.15, 0.2) is 18.5 Å². The van der Waals surface area contributed by atoms with Crippen LogP contribution in [0.2, 0.25) is 0 Å². The number of fused-ring (bicyclic) bond motifs is 1. The number of aromatic nitrogens is 4. The SMILES string of the molecule is COC(=O)c1c(NC(=O)c2nc3ncccn3n2)sc(C)c1C. The van der Waals surface area contributed by atoms with Gasteiger partial charge in [-0.1, -0.05) is 0 Å². The highest BCUT2D eigenvalue weighted by atomic mass is 32.1. The average molecular weight is 331 g/mol. The molecule has 0 bridgehead atoms. The Morgan fingerprint density at radius 1 is 1.35 bits per heavy atom. The minimum atomic E-state index is -0.512. The summed E-state index contributed by atoms with van der Waals surface area (Å²) in [5.41, 5.74) is 1.13. The van der Waals surface area contributed by atoms with Gasteiger partial charge in [0, 0.05) is 17.3 Å². The number of carbonyl (C=O) groups excluding carboxylic acids is 2. The summed E-state index contributed by atoms with van der Waals surface area (Å²) in [5, 5.41) is 7.15. The van der Waals surface area contributed by atoms with Crippen molar-refractivity contribution >= 4 is 34.0 Å². The maximum Gasteiger partial charge on any atom is 0.341 e. The van der Waals surface area contributed by atoms with E-state index in [2.05, 4.69) is 20.4 Å². The molecule has 1 amide bonds. The van der Waals surface area contributed by atoms with Crippen LogP contribution in [0, 0.1) is 13.8 Å². The predicted molar refractivity (Wildman–Crippen MR) is 83.9 cm³/mol. The molecule has 1 N–H and O–H groups in total. The molecule has 0 fully saturated rings. The quantitative estimate of drug-likeness (QED) is 0.735. The fourth-order valence-corrected chi connectivity index (χ4v) is 3.09. The van der Waals surface area contributed by atoms with E-state index >= 15 is 0 Å². The first-order valence-electron chi connectivity index (χ1n) is 6.68. The van der Waals surface area contributed by atoms with E-state index in [9.17, 15) is 9.59 Å². The third kappa shape index (κ3) is 2.66. The third-order valence-corrected chi connectivity index (χ3v) is 4.44. The van der Waals surface area contributed by atoms with E-state index in [0.29, 0.717) is 16.3 Å². The van der Waals surface area contributed by atoms with Crippen molar-refractivity contribution in [1.82, 2.24) is 19.6 Å². The van der Waals surface area contributed by atoms with Crippen LogP contribution in [0.25, 0.3) is 5.78 Å². The van der Waals surface area contributed by atoms with Gasteiger partial charge in [-0.15, -0.1) is 16.4 Å². The zero-order chi connectivity index (χ0) is 16.6. The van der Waals surface area contributed by atoms with Crippen molar-refractivity contribution in [3.63, 3.8) is 0 Å². The summed E-state index contributed by atoms with van der Waals surface area (Å²) < 4.78 is 6.18. The van der Waals surface area contributed by atoms with Crippen molar-refractivity contribution < 1.29 is 14.3 Å². The van der Waals surface area contributed by atoms with Gasteiger partial charge in [0.2, 0.25) is 5.82 Å². The first-order valence-corrected chi connectivity index (χ1v) is 7.50. The fraction of sp³-hybridized carbons (Fsp3) is 0.214. The van der Waals surface area contributed by atoms with E-state index in [4.69, 9.17) is 4.74 Å². The van der Waals surface area contributed by atoms with Gasteiger partial charge in [-0.25, -0.2) is 14.3 Å². The van der Waals surface area contributed by atoms with E-state index in [1.165, 1.54) is 23.0 Å². The Labute approximate surface area is 135 Å². The second-order valence-corrected chi connectivity index (χ2v) is 5.96. The molecule has 0 aromatic carbocycles. The summed E-state index contributed by atoms with van der Waals surface area (Å²) in [6, 6.07) is 1.69. The second-order valence-electron chi connectivity index (χ2n) is 4.73. The lowest BCUT2D eigenvalue weighted by Gasteiger charge is -2.04. The largest absolute Gasteiger partial charge is 0.465 e. The molecule has 0 saturated heterocycles. The van der Waals surface area contributed by atoms with Crippen LogP contribution in [-0.4, -0.2) is 38.6 Å². The lowest BCUT2D eigenvalue weighted by atomic mass is 10.1. The number of hydrogen-bond donors (Lipinski definition) is 1. The number of methoxy groups -OCH3 is 1. The second kappa shape index (κ2) is 5.76. The number of rotatable bonds is 3. The van der Waals surface area contributed by atoms with Crippen molar-refractivity contribution in [1.29, 1.82) is 0 Å². The molecular formula is C14H13N5O3S. The highest BCUT2D eigenvalue weighted by molar-refractivity contribution is 7.16. The minimum absolute atomic E-state index is 0.0248. The summed E-state index contributed by atoms with van der Waals surface area (Å²) in [7, 11) is 1.30. The van der Waals surface area contributed by atoms with Crippen molar-refractivity contribution in [2.24, 2.45) is 0 Å². The Hall–Kier alpha value is -2.81. The van der Waals surface area contributed by atoms with Gasteiger partial charge in [-0.2, -0.15) is 4.98 Å². The smallest absolute Gasteiger partial charge is 0.341 e. The molecule has 0 spiro atoms. The van der Waals surface area contributed by atoms with Gasteiger partial charge >= 0.3 is 5.97 Å². The standard InChI is InChI=1S/C14H13N5O3S/c1-7-8(2)23-12(9(7)13(21)22-3)17-11(20)10-16-14-15-5-4-6-19(14)18-10/h4-6H,1-3H3,(H,17,20). The number of nitrogens with zero attached hydrogens (tertiary/aromatic N) is 4. The van der Waals surface area contributed by atoms with Crippen molar-refractivity contribution in [2.45, 2.75) is 13.8 Å². The molecule has 3 rings (SSSR count). The van der Waals surface area contributed by atoms with Crippen LogP contribution in [0.3, 0.4) is 0 Å². The van der Waals surface area contributed by atoms with E-state index in [-0.39, 0.29) is 5.82 Å². The van der Waals surface area contributed by atoms with Crippen LogP contribution >= 0.6 is 11.3 Å². The first-order chi connectivity index (χ1) is 11.0. The summed E-state index contributed by atoms with van der Waals surface area (Å²) in [6.45, 7) is 3.68. The summed E-state index contributed by atoms with van der Waals surface area (Å²) in [5.74, 6) is -0.707. The molecule has 0 radical (unpaired) electrons. The molecule has 23 heavy (non-hydrogen) atoms. The zero-order valence-corrected chi connectivity index (χ0v) is 13.5. The van der Waals surface area contributed by atoms with Gasteiger partial charge in [0.25, 0.3) is 11.7 Å². The number of aryl methyl sites for hydroxylation is 1. The minimum Gasteiger partial charge on any atom is -0.465 e. The van der Waals surface area contributed by atoms with Crippen molar-refractivity contribution in [2.75, 3.05) is 12.4 Å². The van der Waals surface area contributed by atoms with E-state index in [1.807, 2.05) is 6.92 Å². The van der Waals surface area contributed by atoms with E-state index < -0.39 is 11.9 Å². The normalized spacial score (nSPS) is 10.7. The molecule has 0 atom stereocenters. The number of nitrogens with one attached hydrogen (secondary N) is 1. The van der Waals surface area contributed by atoms with Crippen LogP contribution < -0.4 is 5.32 Å². The average Bonchev–Trinajstić information content (AvgIpc) is 3.09. The molecule has 0 aliphatic carbocycles. The number of carbonyl (C=O) groups is 2. The van der Waals surface area contributed by atoms with Crippen molar-refractivity contribution in [3.8, 4) is 0 Å². The number of esters is 1. The lowest BCUT2D eigenvalue weighted by molar-refractivity contribution is 0.0601. The van der Waals surface area contributed by atoms with E-state index in [1.54, 1.807) is 25.4 Å². The van der Waals surface area contributed by atoms with Crippen LogP contribution in [0.4, 0.5) is 5.00 Å². The summed E-state index contributed by atoms with van der Waals surface area (Å²) in [6.07, 6.45) is 3.21. The molecule has 3 aromatic rings. The molecule has 9 heteroatoms. The lowest BCUT2D eigenvalue weighted by Crippen LogP contribution is -2.15. The highest BCUT2D eigenvalue weighted by Gasteiger charge is 2.23. The first kappa shape index (κ1) is 15.1. The molecule has 0 aliphatic heterocycles. The number of anilines is 1. The molecule has 8 nitrogen and oxygen atoms in total. The van der Waals surface area contributed by atoms with Crippen LogP contribution in [-0.2, 0) is 4.74 Å². The van der Waals surface area contributed by atoms with Gasteiger partial charge in [-0.05, 0) is 25.5 Å². The molecule has 118 valence electrons. The van der Waals surface area contributed by atoms with Crippen LogP contribution in [0.1, 0.15) is 31.4 Å². The van der Waals surface area contributed by atoms with E-state index in [0.717, 1.165) is 10.4 Å². The molecule has 0 saturated carbocycles. The van der Waals surface area contributed by atoms with Gasteiger partial charge in [0.15, 0.2) is 0 Å². The predicted octanol–water partition coefficient (Wildman–Crippen LogP) is 1.84. The molecule has 3 aromatic heterocycles. The highest BCUT2D eigenvalue weighted by Crippen LogP contribution is 2.33. The topological polar surface area (TPSA) is 98.5 Å². The van der Waals surface area contributed by atoms with Crippen LogP contribution in [0.5, 0.6) is 0 Å². The number of hydrogen-bond acceptors (Lipinski definition) is 7. The molecule has 0 unspecified atom stereocenters. The Morgan fingerprint density at radius 3 is 2.83 bits per heavy atom. The number of ether oxygens (including phenoxy) is 1. The monoisotopic (exact) mass is 331 g/mol. The maximum absolute atomic E-state index is 12.3. The maximum atomic E-state index is 12.3. The number of amides is 1. The van der Waals surface area contributed by atoms with Gasteiger partial charge < -0.3 is 10.1 Å². The summed E-state index contributed by atoms with van der Waals surface area (Å²) >= 11 is 1.30. The Morgan fingerprint density at radius 2 is 2.13 bits per heavy atom. The molecular weight excluding hydrogens is 318 g/mol. The molecule has 3 heterocycles. The number of thiophene rings is 1. The van der Waals surface area contributed by atoms with Gasteiger partial charge in [0.05, 0.1) is 12.7 Å². The molecule has 0 aliphatic rings. The Balaban J connectivity index is 1.94. The Kier molecular flexibility index (Phi) is 3.78. The van der Waals surface area contributed by atoms with Gasteiger partial charge in [-0.3, -0.25) is 4.79 Å². The third-order valence-electron chi connectivity index (χ3n) is 3.32.